The van der Waals surface area contributed by atoms with Gasteiger partial charge in [0.05, 0.1) is 11.5 Å². The van der Waals surface area contributed by atoms with E-state index in [0.717, 1.165) is 0 Å². The van der Waals surface area contributed by atoms with Crippen molar-refractivity contribution in [2.45, 2.75) is 31.2 Å². The van der Waals surface area contributed by atoms with E-state index in [-0.39, 0.29) is 30.0 Å². The van der Waals surface area contributed by atoms with Gasteiger partial charge >= 0.3 is 5.97 Å². The van der Waals surface area contributed by atoms with Crippen LogP contribution in [-0.4, -0.2) is 51.7 Å². The number of rotatable bonds is 9. The number of methoxy groups -OCH3 is 1. The highest BCUT2D eigenvalue weighted by Gasteiger charge is 2.22. The number of hydrogen-bond donors (Lipinski definition) is 3. The van der Waals surface area contributed by atoms with Crippen molar-refractivity contribution in [2.24, 2.45) is 0 Å². The topological polar surface area (TPSA) is 122 Å². The number of sulfonamides is 1. The summed E-state index contributed by atoms with van der Waals surface area (Å²) in [4.78, 5) is 23.2. The lowest BCUT2D eigenvalue weighted by Crippen LogP contribution is -2.40. The second-order valence-electron chi connectivity index (χ2n) is 5.14. The molecule has 1 aromatic rings. The Balaban J connectivity index is 3.05. The first-order valence-electron chi connectivity index (χ1n) is 7.35. The highest BCUT2D eigenvalue weighted by Crippen LogP contribution is 2.16. The second kappa shape index (κ2) is 8.76. The van der Waals surface area contributed by atoms with Crippen molar-refractivity contribution < 1.29 is 27.9 Å². The number of carbonyl (C=O) groups excluding carboxylic acids is 1. The molecule has 0 aliphatic rings. The van der Waals surface area contributed by atoms with Crippen LogP contribution in [0.1, 0.15) is 29.3 Å². The van der Waals surface area contributed by atoms with Crippen molar-refractivity contribution in [2.75, 3.05) is 20.3 Å². The number of aliphatic carboxylic acids is 1. The number of benzene rings is 1. The van der Waals surface area contributed by atoms with Gasteiger partial charge in [0.2, 0.25) is 10.0 Å². The van der Waals surface area contributed by atoms with E-state index in [1.54, 1.807) is 13.8 Å². The van der Waals surface area contributed by atoms with Crippen LogP contribution in [0.25, 0.3) is 0 Å². The number of hydrogen-bond acceptors (Lipinski definition) is 5. The van der Waals surface area contributed by atoms with Crippen molar-refractivity contribution >= 4 is 21.9 Å². The molecule has 0 saturated heterocycles. The molecule has 0 aliphatic carbocycles. The molecule has 9 heteroatoms. The lowest BCUT2D eigenvalue weighted by Gasteiger charge is -2.14. The zero-order valence-electron chi connectivity index (χ0n) is 13.8. The summed E-state index contributed by atoms with van der Waals surface area (Å²) in [6.07, 6.45) is 0.219. The van der Waals surface area contributed by atoms with Crippen LogP contribution in [0.2, 0.25) is 0 Å². The first-order valence-corrected chi connectivity index (χ1v) is 8.84. The quantitative estimate of drug-likeness (QED) is 0.553. The Morgan fingerprint density at radius 1 is 1.33 bits per heavy atom. The van der Waals surface area contributed by atoms with Crippen LogP contribution in [0, 0.1) is 6.92 Å². The van der Waals surface area contributed by atoms with E-state index in [2.05, 4.69) is 10.0 Å². The first-order chi connectivity index (χ1) is 11.2. The number of nitrogens with one attached hydrogen (secondary N) is 2. The average Bonchev–Trinajstić information content (AvgIpc) is 2.52. The van der Waals surface area contributed by atoms with Gasteiger partial charge in [-0.1, -0.05) is 13.0 Å². The van der Waals surface area contributed by atoms with Gasteiger partial charge in [0.15, 0.2) is 0 Å². The zero-order valence-corrected chi connectivity index (χ0v) is 14.6. The summed E-state index contributed by atoms with van der Waals surface area (Å²) in [6, 6.07) is 3.09. The van der Waals surface area contributed by atoms with Gasteiger partial charge in [-0.3, -0.25) is 4.79 Å². The molecule has 3 N–H and O–H groups in total. The molecule has 1 rings (SSSR count). The van der Waals surface area contributed by atoms with Gasteiger partial charge in [0.25, 0.3) is 5.91 Å². The number of aryl methyl sites for hydroxylation is 1. The molecule has 1 unspecified atom stereocenters. The van der Waals surface area contributed by atoms with E-state index in [1.165, 1.54) is 25.3 Å². The molecule has 0 radical (unpaired) electrons. The monoisotopic (exact) mass is 358 g/mol. The van der Waals surface area contributed by atoms with Gasteiger partial charge in [-0.2, -0.15) is 0 Å². The van der Waals surface area contributed by atoms with E-state index < -0.39 is 27.9 Å². The van der Waals surface area contributed by atoms with E-state index in [9.17, 15) is 18.0 Å². The van der Waals surface area contributed by atoms with Crippen molar-refractivity contribution in [1.82, 2.24) is 10.0 Å². The molecule has 0 saturated carbocycles. The molecule has 1 atom stereocenters. The number of carboxylic acids is 1. The minimum absolute atomic E-state index is 0.0715. The van der Waals surface area contributed by atoms with Gasteiger partial charge < -0.3 is 15.2 Å². The maximum Gasteiger partial charge on any atom is 0.326 e. The third kappa shape index (κ3) is 5.29. The summed E-state index contributed by atoms with van der Waals surface area (Å²) >= 11 is 0. The number of carboxylic acid groups (broad SMARTS) is 1. The summed E-state index contributed by atoms with van der Waals surface area (Å²) in [5, 5.41) is 11.4. The fourth-order valence-corrected chi connectivity index (χ4v) is 2.99. The molecule has 1 aromatic carbocycles. The number of amides is 1. The fourth-order valence-electron chi connectivity index (χ4n) is 1.95. The van der Waals surface area contributed by atoms with Crippen LogP contribution in [0.4, 0.5) is 0 Å². The largest absolute Gasteiger partial charge is 0.480 e. The van der Waals surface area contributed by atoms with E-state index >= 15 is 0 Å². The smallest absolute Gasteiger partial charge is 0.326 e. The second-order valence-corrected chi connectivity index (χ2v) is 6.91. The highest BCUT2D eigenvalue weighted by atomic mass is 32.2. The third-order valence-corrected chi connectivity index (χ3v) is 4.83. The maximum atomic E-state index is 12.3. The summed E-state index contributed by atoms with van der Waals surface area (Å²) in [5.74, 6) is -1.77. The van der Waals surface area contributed by atoms with Crippen LogP contribution in [0.5, 0.6) is 0 Å². The van der Waals surface area contributed by atoms with Crippen molar-refractivity contribution in [3.63, 3.8) is 0 Å². The number of carbonyl (C=O) groups is 2. The summed E-state index contributed by atoms with van der Waals surface area (Å²) in [7, 11) is -2.33. The lowest BCUT2D eigenvalue weighted by atomic mass is 10.1. The Labute approximate surface area is 141 Å². The molecule has 8 nitrogen and oxygen atoms in total. The molecule has 0 fully saturated rings. The predicted molar refractivity (Wildman–Crippen MR) is 87.4 cm³/mol. The van der Waals surface area contributed by atoms with Crippen molar-refractivity contribution in [3.05, 3.63) is 29.3 Å². The Hall–Kier alpha value is -1.97. The minimum Gasteiger partial charge on any atom is -0.480 e. The fraction of sp³-hybridized carbons (Fsp3) is 0.467. The predicted octanol–water partition coefficient (Wildman–Crippen LogP) is 0.513. The van der Waals surface area contributed by atoms with Crippen LogP contribution < -0.4 is 10.0 Å². The highest BCUT2D eigenvalue weighted by molar-refractivity contribution is 7.89. The van der Waals surface area contributed by atoms with Gasteiger partial charge in [0, 0.05) is 19.2 Å². The molecule has 0 spiro atoms. The van der Waals surface area contributed by atoms with Gasteiger partial charge in [-0.05, 0) is 31.0 Å². The molecule has 0 heterocycles. The summed E-state index contributed by atoms with van der Waals surface area (Å²) in [6.45, 7) is 3.60. The van der Waals surface area contributed by atoms with E-state index in [1.807, 2.05) is 0 Å². The molecule has 1 amide bonds. The first kappa shape index (κ1) is 20.1. The lowest BCUT2D eigenvalue weighted by molar-refractivity contribution is -0.139. The van der Waals surface area contributed by atoms with Gasteiger partial charge in [0.1, 0.15) is 6.04 Å². The molecule has 0 bridgehead atoms. The molecular weight excluding hydrogens is 336 g/mol. The SMILES string of the molecule is CCC(NC(=O)c1cc(S(=O)(=O)NCCOC)ccc1C)C(=O)O. The van der Waals surface area contributed by atoms with Crippen LogP contribution in [0.15, 0.2) is 23.1 Å². The number of ether oxygens (including phenoxy) is 1. The Morgan fingerprint density at radius 2 is 2.00 bits per heavy atom. The average molecular weight is 358 g/mol. The Kier molecular flexibility index (Phi) is 7.33. The Morgan fingerprint density at radius 3 is 2.54 bits per heavy atom. The van der Waals surface area contributed by atoms with Gasteiger partial charge in [-0.25, -0.2) is 17.9 Å². The molecule has 24 heavy (non-hydrogen) atoms. The summed E-state index contributed by atoms with van der Waals surface area (Å²) in [5.41, 5.74) is 0.660. The Bertz CT molecular complexity index is 702. The molecule has 134 valence electrons. The van der Waals surface area contributed by atoms with E-state index in [4.69, 9.17) is 9.84 Å². The van der Waals surface area contributed by atoms with Crippen LogP contribution in [-0.2, 0) is 19.6 Å². The van der Waals surface area contributed by atoms with Gasteiger partial charge in [-0.15, -0.1) is 0 Å². The van der Waals surface area contributed by atoms with Crippen molar-refractivity contribution in [3.8, 4) is 0 Å². The minimum atomic E-state index is -3.78. The normalized spacial score (nSPS) is 12.6. The summed E-state index contributed by atoms with van der Waals surface area (Å²) < 4.78 is 31.5. The third-order valence-electron chi connectivity index (χ3n) is 3.37. The maximum absolute atomic E-state index is 12.3. The zero-order chi connectivity index (χ0) is 18.3. The van der Waals surface area contributed by atoms with E-state index in [0.29, 0.717) is 5.56 Å². The standard InChI is InChI=1S/C15H22N2O6S/c1-4-13(15(19)20)17-14(18)12-9-11(6-5-10(12)2)24(21,22)16-7-8-23-3/h5-6,9,13,16H,4,7-8H2,1-3H3,(H,17,18)(H,19,20). The molecule has 0 aliphatic heterocycles. The molecule has 0 aromatic heterocycles. The van der Waals surface area contributed by atoms with Crippen molar-refractivity contribution in [1.29, 1.82) is 0 Å². The van der Waals surface area contributed by atoms with Crippen LogP contribution >= 0.6 is 0 Å². The van der Waals surface area contributed by atoms with Crippen LogP contribution in [0.3, 0.4) is 0 Å². The molecular formula is C15H22N2O6S.